The summed E-state index contributed by atoms with van der Waals surface area (Å²) in [6.45, 7) is 5.87. The number of amides is 1. The van der Waals surface area contributed by atoms with Crippen LogP contribution in [0, 0.1) is 32.1 Å². The van der Waals surface area contributed by atoms with Gasteiger partial charge in [-0.2, -0.15) is 5.26 Å². The van der Waals surface area contributed by atoms with Gasteiger partial charge >= 0.3 is 0 Å². The van der Waals surface area contributed by atoms with Crippen molar-refractivity contribution in [1.82, 2.24) is 9.55 Å². The summed E-state index contributed by atoms with van der Waals surface area (Å²) in [6.07, 6.45) is 3.19. The van der Waals surface area contributed by atoms with Crippen molar-refractivity contribution in [2.45, 2.75) is 20.8 Å². The third-order valence-corrected chi connectivity index (χ3v) is 5.30. The maximum absolute atomic E-state index is 12.3. The number of aromatic nitrogens is 2. The number of carbonyl (C=O) groups is 1. The zero-order valence-electron chi connectivity index (χ0n) is 15.1. The Morgan fingerprint density at radius 2 is 2.11 bits per heavy atom. The average Bonchev–Trinajstić information content (AvgIpc) is 3.23. The van der Waals surface area contributed by atoms with Gasteiger partial charge in [0.1, 0.15) is 11.6 Å². The van der Waals surface area contributed by atoms with E-state index < -0.39 is 5.91 Å². The maximum Gasteiger partial charge on any atom is 0.268 e. The minimum atomic E-state index is -0.476. The van der Waals surface area contributed by atoms with E-state index in [-0.39, 0.29) is 5.57 Å². The summed E-state index contributed by atoms with van der Waals surface area (Å²) in [5.74, 6) is -0.476. The van der Waals surface area contributed by atoms with Gasteiger partial charge in [0.15, 0.2) is 5.13 Å². The lowest BCUT2D eigenvalue weighted by Crippen LogP contribution is -2.13. The third-order valence-electron chi connectivity index (χ3n) is 4.20. The summed E-state index contributed by atoms with van der Waals surface area (Å²) >= 11 is 7.56. The molecule has 1 N–H and O–H groups in total. The van der Waals surface area contributed by atoms with Crippen LogP contribution in [0.5, 0.6) is 0 Å². The quantitative estimate of drug-likeness (QED) is 0.495. The number of nitrogens with one attached hydrogen (secondary N) is 1. The Kier molecular flexibility index (Phi) is 5.45. The van der Waals surface area contributed by atoms with Crippen molar-refractivity contribution in [3.8, 4) is 11.8 Å². The molecule has 0 aliphatic carbocycles. The molecule has 3 rings (SSSR count). The van der Waals surface area contributed by atoms with Crippen LogP contribution < -0.4 is 5.32 Å². The van der Waals surface area contributed by atoms with Gasteiger partial charge in [-0.25, -0.2) is 4.98 Å². The third kappa shape index (κ3) is 3.95. The molecule has 27 heavy (non-hydrogen) atoms. The molecule has 0 spiro atoms. The van der Waals surface area contributed by atoms with Gasteiger partial charge in [-0.15, -0.1) is 11.3 Å². The molecule has 2 heterocycles. The molecule has 0 aliphatic heterocycles. The predicted molar refractivity (Wildman–Crippen MR) is 109 cm³/mol. The molecule has 0 saturated carbocycles. The Labute approximate surface area is 166 Å². The lowest BCUT2D eigenvalue weighted by molar-refractivity contribution is -0.112. The van der Waals surface area contributed by atoms with Crippen LogP contribution in [0.1, 0.15) is 22.5 Å². The highest BCUT2D eigenvalue weighted by Gasteiger charge is 2.15. The summed E-state index contributed by atoms with van der Waals surface area (Å²) in [6, 6.07) is 9.78. The van der Waals surface area contributed by atoms with Crippen LogP contribution in [0.25, 0.3) is 11.8 Å². The molecule has 0 saturated heterocycles. The number of hydrogen-bond acceptors (Lipinski definition) is 4. The average molecular weight is 397 g/mol. The summed E-state index contributed by atoms with van der Waals surface area (Å²) in [4.78, 5) is 16.3. The van der Waals surface area contributed by atoms with Crippen LogP contribution in [-0.4, -0.2) is 15.5 Å². The van der Waals surface area contributed by atoms with Gasteiger partial charge in [-0.1, -0.05) is 17.7 Å². The Hall–Kier alpha value is -2.88. The Bertz CT molecular complexity index is 1070. The van der Waals surface area contributed by atoms with Crippen molar-refractivity contribution in [2.75, 3.05) is 5.32 Å². The van der Waals surface area contributed by atoms with Crippen LogP contribution >= 0.6 is 22.9 Å². The molecule has 136 valence electrons. The minimum absolute atomic E-state index is 0.0207. The SMILES string of the molecule is Cc1ccc(-n2c(C)cc(/C=C(/C#N)C(=O)Nc3nccs3)c2C)cc1Cl. The van der Waals surface area contributed by atoms with Crippen LogP contribution in [0.4, 0.5) is 5.13 Å². The zero-order valence-corrected chi connectivity index (χ0v) is 16.6. The largest absolute Gasteiger partial charge is 0.318 e. The van der Waals surface area contributed by atoms with Gasteiger partial charge in [-0.3, -0.25) is 10.1 Å². The van der Waals surface area contributed by atoms with E-state index in [0.717, 1.165) is 28.2 Å². The van der Waals surface area contributed by atoms with Crippen molar-refractivity contribution < 1.29 is 4.79 Å². The van der Waals surface area contributed by atoms with E-state index in [1.165, 1.54) is 11.3 Å². The van der Waals surface area contributed by atoms with Crippen LogP contribution in [0.3, 0.4) is 0 Å². The molecule has 5 nitrogen and oxygen atoms in total. The number of nitrogens with zero attached hydrogens (tertiary/aromatic N) is 3. The van der Waals surface area contributed by atoms with Gasteiger partial charge in [0.2, 0.25) is 0 Å². The van der Waals surface area contributed by atoms with Crippen molar-refractivity contribution in [1.29, 1.82) is 5.26 Å². The molecular formula is C20H17ClN4OS. The minimum Gasteiger partial charge on any atom is -0.318 e. The first-order chi connectivity index (χ1) is 12.9. The number of carbonyl (C=O) groups excluding carboxylic acids is 1. The van der Waals surface area contributed by atoms with Crippen molar-refractivity contribution in [2.24, 2.45) is 0 Å². The number of aryl methyl sites for hydroxylation is 2. The Morgan fingerprint density at radius 3 is 2.74 bits per heavy atom. The molecule has 1 aromatic carbocycles. The number of anilines is 1. The van der Waals surface area contributed by atoms with Gasteiger partial charge in [0, 0.05) is 33.7 Å². The fourth-order valence-electron chi connectivity index (χ4n) is 2.81. The van der Waals surface area contributed by atoms with E-state index in [4.69, 9.17) is 11.6 Å². The van der Waals surface area contributed by atoms with E-state index in [0.29, 0.717) is 10.2 Å². The molecule has 0 radical (unpaired) electrons. The molecule has 0 bridgehead atoms. The maximum atomic E-state index is 12.3. The second kappa shape index (κ2) is 7.78. The molecule has 0 unspecified atom stereocenters. The number of hydrogen-bond donors (Lipinski definition) is 1. The van der Waals surface area contributed by atoms with E-state index in [9.17, 15) is 10.1 Å². The second-order valence-electron chi connectivity index (χ2n) is 6.06. The molecule has 2 aromatic heterocycles. The lowest BCUT2D eigenvalue weighted by Gasteiger charge is -2.11. The number of halogens is 1. The van der Waals surface area contributed by atoms with Gasteiger partial charge < -0.3 is 4.57 Å². The summed E-state index contributed by atoms with van der Waals surface area (Å²) in [5, 5.41) is 15.0. The smallest absolute Gasteiger partial charge is 0.268 e. The van der Waals surface area contributed by atoms with E-state index in [1.54, 1.807) is 17.7 Å². The topological polar surface area (TPSA) is 70.7 Å². The van der Waals surface area contributed by atoms with Crippen molar-refractivity contribution in [3.05, 3.63) is 69.0 Å². The normalized spacial score (nSPS) is 11.3. The van der Waals surface area contributed by atoms with Crippen LogP contribution in [0.15, 0.2) is 41.4 Å². The summed E-state index contributed by atoms with van der Waals surface area (Å²) in [5.41, 5.74) is 4.67. The molecule has 7 heteroatoms. The standard InChI is InChI=1S/C20H17ClN4OS/c1-12-4-5-17(10-18(12)21)25-13(2)8-15(14(25)3)9-16(11-22)19(26)24-20-23-6-7-27-20/h4-10H,1-3H3,(H,23,24,26)/b16-9-. The first-order valence-electron chi connectivity index (χ1n) is 8.19. The van der Waals surface area contributed by atoms with E-state index in [1.807, 2.05) is 55.7 Å². The van der Waals surface area contributed by atoms with E-state index >= 15 is 0 Å². The fraction of sp³-hybridized carbons (Fsp3) is 0.150. The first-order valence-corrected chi connectivity index (χ1v) is 9.44. The van der Waals surface area contributed by atoms with Crippen LogP contribution in [-0.2, 0) is 4.79 Å². The zero-order chi connectivity index (χ0) is 19.6. The van der Waals surface area contributed by atoms with E-state index in [2.05, 4.69) is 10.3 Å². The van der Waals surface area contributed by atoms with Gasteiger partial charge in [0.25, 0.3) is 5.91 Å². The number of thiazole rings is 1. The predicted octanol–water partition coefficient (Wildman–Crippen LogP) is 5.06. The molecule has 0 atom stereocenters. The highest BCUT2D eigenvalue weighted by molar-refractivity contribution is 7.13. The Balaban J connectivity index is 1.97. The molecule has 0 fully saturated rings. The highest BCUT2D eigenvalue weighted by Crippen LogP contribution is 2.26. The van der Waals surface area contributed by atoms with Crippen molar-refractivity contribution in [3.63, 3.8) is 0 Å². The number of nitriles is 1. The fourth-order valence-corrected chi connectivity index (χ4v) is 3.50. The Morgan fingerprint density at radius 1 is 1.33 bits per heavy atom. The van der Waals surface area contributed by atoms with Crippen molar-refractivity contribution >= 4 is 40.1 Å². The second-order valence-corrected chi connectivity index (χ2v) is 7.36. The lowest BCUT2D eigenvalue weighted by atomic mass is 10.1. The van der Waals surface area contributed by atoms with Gasteiger partial charge in [0.05, 0.1) is 0 Å². The van der Waals surface area contributed by atoms with Crippen LogP contribution in [0.2, 0.25) is 5.02 Å². The first kappa shape index (κ1) is 18.9. The molecular weight excluding hydrogens is 380 g/mol. The van der Waals surface area contributed by atoms with Gasteiger partial charge in [-0.05, 0) is 56.2 Å². The monoisotopic (exact) mass is 396 g/mol. The molecule has 0 aliphatic rings. The summed E-state index contributed by atoms with van der Waals surface area (Å²) < 4.78 is 2.05. The molecule has 1 amide bonds. The highest BCUT2D eigenvalue weighted by atomic mass is 35.5. The number of benzene rings is 1. The molecule has 3 aromatic rings. The number of rotatable bonds is 4. The summed E-state index contributed by atoms with van der Waals surface area (Å²) in [7, 11) is 0.